The third-order valence-corrected chi connectivity index (χ3v) is 5.68. The van der Waals surface area contributed by atoms with Crippen LogP contribution in [0.2, 0.25) is 0 Å². The lowest BCUT2D eigenvalue weighted by atomic mass is 9.75. The normalized spacial score (nSPS) is 26.7. The Kier molecular flexibility index (Phi) is 3.77. The number of likely N-dealkylation sites (N-methyl/N-ethyl adjacent to an activating group) is 1. The number of fused-ring (bicyclic) bond motifs is 2. The van der Waals surface area contributed by atoms with E-state index in [4.69, 9.17) is 4.74 Å². The van der Waals surface area contributed by atoms with Gasteiger partial charge in [0.2, 0.25) is 0 Å². The molecule has 1 aliphatic carbocycles. The van der Waals surface area contributed by atoms with E-state index in [1.165, 1.54) is 36.3 Å². The van der Waals surface area contributed by atoms with Crippen molar-refractivity contribution in [3.63, 3.8) is 0 Å². The number of hydrogen-bond donors (Lipinski definition) is 0. The van der Waals surface area contributed by atoms with E-state index in [2.05, 4.69) is 30.3 Å². The Balaban J connectivity index is 2.02. The molecule has 0 spiro atoms. The van der Waals surface area contributed by atoms with Crippen LogP contribution < -0.4 is 4.74 Å². The summed E-state index contributed by atoms with van der Waals surface area (Å²) in [6.07, 6.45) is 7.32. The first kappa shape index (κ1) is 13.3. The zero-order valence-corrected chi connectivity index (χ0v) is 12.9. The number of thioether (sulfide) groups is 1. The lowest BCUT2D eigenvalue weighted by Gasteiger charge is -2.43. The molecule has 3 rings (SSSR count). The molecule has 0 unspecified atom stereocenters. The molecular weight excluding hydrogens is 254 g/mol. The predicted molar refractivity (Wildman–Crippen MR) is 81.3 cm³/mol. The number of methoxy groups -OCH3 is 1. The summed E-state index contributed by atoms with van der Waals surface area (Å²) in [5.74, 6) is 1.93. The monoisotopic (exact) mass is 277 g/mol. The molecule has 0 radical (unpaired) electrons. The van der Waals surface area contributed by atoms with Crippen molar-refractivity contribution in [3.8, 4) is 5.75 Å². The molecule has 3 heteroatoms. The minimum atomic E-state index is 0.715. The van der Waals surface area contributed by atoms with Crippen molar-refractivity contribution in [1.82, 2.24) is 4.90 Å². The Morgan fingerprint density at radius 3 is 2.84 bits per heavy atom. The first-order chi connectivity index (χ1) is 9.24. The van der Waals surface area contributed by atoms with E-state index < -0.39 is 0 Å². The largest absolute Gasteiger partial charge is 0.496 e. The van der Waals surface area contributed by atoms with Crippen molar-refractivity contribution in [1.29, 1.82) is 0 Å². The first-order valence-corrected chi connectivity index (χ1v) is 8.40. The molecule has 0 N–H and O–H groups in total. The molecular formula is C16H23NOS. The molecule has 0 saturated carbocycles. The van der Waals surface area contributed by atoms with Crippen molar-refractivity contribution in [3.05, 3.63) is 23.3 Å². The summed E-state index contributed by atoms with van der Waals surface area (Å²) in [4.78, 5) is 4.00. The highest BCUT2D eigenvalue weighted by Crippen LogP contribution is 2.41. The van der Waals surface area contributed by atoms with Crippen LogP contribution in [0.3, 0.4) is 0 Å². The van der Waals surface area contributed by atoms with Crippen LogP contribution >= 0.6 is 11.8 Å². The van der Waals surface area contributed by atoms with Gasteiger partial charge in [-0.2, -0.15) is 0 Å². The molecule has 104 valence electrons. The first-order valence-electron chi connectivity index (χ1n) is 7.17. The van der Waals surface area contributed by atoms with Gasteiger partial charge in [-0.1, -0.05) is 0 Å². The summed E-state index contributed by atoms with van der Waals surface area (Å²) in [6.45, 7) is 1.25. The van der Waals surface area contributed by atoms with Crippen LogP contribution in [-0.4, -0.2) is 37.9 Å². The standard InChI is InChI=1S/C16H23NOS/c1-17-8-4-5-11-9-13-12(10-14(11)17)15(18-2)6-7-16(13)19-3/h6-7,11,14H,4-5,8-10H2,1-3H3/t11-,14-/m0/s1. The maximum Gasteiger partial charge on any atom is 0.122 e. The van der Waals surface area contributed by atoms with E-state index in [0.717, 1.165) is 18.1 Å². The van der Waals surface area contributed by atoms with Gasteiger partial charge < -0.3 is 9.64 Å². The Bertz CT molecular complexity index is 474. The van der Waals surface area contributed by atoms with Gasteiger partial charge in [0.1, 0.15) is 5.75 Å². The van der Waals surface area contributed by atoms with Gasteiger partial charge in [-0.25, -0.2) is 0 Å². The molecule has 1 aromatic carbocycles. The molecule has 1 aromatic rings. The zero-order valence-electron chi connectivity index (χ0n) is 12.1. The van der Waals surface area contributed by atoms with Gasteiger partial charge in [-0.05, 0) is 74.7 Å². The number of nitrogens with zero attached hydrogens (tertiary/aromatic N) is 1. The molecule has 1 aliphatic heterocycles. The number of rotatable bonds is 2. The smallest absolute Gasteiger partial charge is 0.122 e. The maximum absolute atomic E-state index is 5.60. The second-order valence-corrected chi connectivity index (χ2v) is 6.63. The highest BCUT2D eigenvalue weighted by molar-refractivity contribution is 7.98. The lowest BCUT2D eigenvalue weighted by Crippen LogP contribution is -2.47. The average molecular weight is 277 g/mol. The van der Waals surface area contributed by atoms with Crippen molar-refractivity contribution < 1.29 is 4.74 Å². The van der Waals surface area contributed by atoms with Gasteiger partial charge in [0.25, 0.3) is 0 Å². The van der Waals surface area contributed by atoms with E-state index in [0.29, 0.717) is 6.04 Å². The van der Waals surface area contributed by atoms with Crippen LogP contribution in [0.1, 0.15) is 24.0 Å². The van der Waals surface area contributed by atoms with E-state index in [-0.39, 0.29) is 0 Å². The van der Waals surface area contributed by atoms with Crippen LogP contribution in [0.5, 0.6) is 5.75 Å². The molecule has 2 aliphatic rings. The minimum Gasteiger partial charge on any atom is -0.496 e. The fourth-order valence-electron chi connectivity index (χ4n) is 3.83. The van der Waals surface area contributed by atoms with Gasteiger partial charge in [-0.15, -0.1) is 11.8 Å². The van der Waals surface area contributed by atoms with Gasteiger partial charge in [0.15, 0.2) is 0 Å². The number of piperidine rings is 1. The van der Waals surface area contributed by atoms with E-state index in [9.17, 15) is 0 Å². The Hall–Kier alpha value is -0.670. The SMILES string of the molecule is COc1ccc(SC)c2c1C[C@H]1[C@@H](CCCN1C)C2. The second kappa shape index (κ2) is 5.37. The topological polar surface area (TPSA) is 12.5 Å². The number of hydrogen-bond acceptors (Lipinski definition) is 3. The fourth-order valence-corrected chi connectivity index (χ4v) is 4.49. The van der Waals surface area contributed by atoms with Gasteiger partial charge in [-0.3, -0.25) is 0 Å². The van der Waals surface area contributed by atoms with Crippen molar-refractivity contribution in [2.75, 3.05) is 27.0 Å². The molecule has 2 atom stereocenters. The summed E-state index contributed by atoms with van der Waals surface area (Å²) in [5.41, 5.74) is 3.02. The van der Waals surface area contributed by atoms with Crippen LogP contribution in [0.4, 0.5) is 0 Å². The van der Waals surface area contributed by atoms with Gasteiger partial charge in [0, 0.05) is 10.9 Å². The summed E-state index contributed by atoms with van der Waals surface area (Å²) in [5, 5.41) is 0. The lowest BCUT2D eigenvalue weighted by molar-refractivity contribution is 0.111. The number of likely N-dealkylation sites (tertiary alicyclic amines) is 1. The van der Waals surface area contributed by atoms with E-state index in [1.807, 2.05) is 11.8 Å². The van der Waals surface area contributed by atoms with Gasteiger partial charge in [0.05, 0.1) is 7.11 Å². The molecule has 1 saturated heterocycles. The summed E-state index contributed by atoms with van der Waals surface area (Å²) in [6, 6.07) is 5.09. The maximum atomic E-state index is 5.60. The van der Waals surface area contributed by atoms with Crippen LogP contribution in [-0.2, 0) is 12.8 Å². The Labute approximate surface area is 120 Å². The van der Waals surface area contributed by atoms with Crippen LogP contribution in [0, 0.1) is 5.92 Å². The summed E-state index contributed by atoms with van der Waals surface area (Å²) < 4.78 is 5.60. The van der Waals surface area contributed by atoms with E-state index in [1.54, 1.807) is 12.7 Å². The highest BCUT2D eigenvalue weighted by atomic mass is 32.2. The van der Waals surface area contributed by atoms with Gasteiger partial charge >= 0.3 is 0 Å². The van der Waals surface area contributed by atoms with Crippen molar-refractivity contribution in [2.24, 2.45) is 5.92 Å². The third kappa shape index (κ3) is 2.27. The van der Waals surface area contributed by atoms with Crippen LogP contribution in [0.25, 0.3) is 0 Å². The molecule has 0 bridgehead atoms. The molecule has 1 fully saturated rings. The third-order valence-electron chi connectivity index (χ3n) is 4.86. The quantitative estimate of drug-likeness (QED) is 0.770. The zero-order chi connectivity index (χ0) is 13.4. The molecule has 0 aromatic heterocycles. The second-order valence-electron chi connectivity index (χ2n) is 5.79. The predicted octanol–water partition coefficient (Wildman–Crippen LogP) is 3.23. The minimum absolute atomic E-state index is 0.715. The Morgan fingerprint density at radius 1 is 1.26 bits per heavy atom. The van der Waals surface area contributed by atoms with Crippen molar-refractivity contribution in [2.45, 2.75) is 36.6 Å². The van der Waals surface area contributed by atoms with E-state index >= 15 is 0 Å². The van der Waals surface area contributed by atoms with Crippen LogP contribution in [0.15, 0.2) is 17.0 Å². The summed E-state index contributed by atoms with van der Waals surface area (Å²) >= 11 is 1.87. The molecule has 1 heterocycles. The number of ether oxygens (including phenoxy) is 1. The molecule has 0 amide bonds. The van der Waals surface area contributed by atoms with Crippen molar-refractivity contribution >= 4 is 11.8 Å². The Morgan fingerprint density at radius 2 is 2.11 bits per heavy atom. The number of benzene rings is 1. The summed E-state index contributed by atoms with van der Waals surface area (Å²) in [7, 11) is 4.08. The molecule has 19 heavy (non-hydrogen) atoms. The molecule has 2 nitrogen and oxygen atoms in total. The average Bonchev–Trinajstić information content (AvgIpc) is 2.45. The fraction of sp³-hybridized carbons (Fsp3) is 0.625. The highest BCUT2D eigenvalue weighted by Gasteiger charge is 2.35.